The Balaban J connectivity index is 2.43. The van der Waals surface area contributed by atoms with Crippen LogP contribution in [0.3, 0.4) is 0 Å². The zero-order valence-corrected chi connectivity index (χ0v) is 12.1. The van der Waals surface area contributed by atoms with Crippen LogP contribution in [0.5, 0.6) is 0 Å². The maximum atomic E-state index is 12.6. The maximum absolute atomic E-state index is 12.6. The van der Waals surface area contributed by atoms with E-state index in [2.05, 4.69) is 4.99 Å². The van der Waals surface area contributed by atoms with Crippen molar-refractivity contribution in [2.75, 3.05) is 19.8 Å². The van der Waals surface area contributed by atoms with Crippen molar-refractivity contribution in [3.05, 3.63) is 29.3 Å². The van der Waals surface area contributed by atoms with Gasteiger partial charge in [-0.1, -0.05) is 0 Å². The van der Waals surface area contributed by atoms with E-state index in [1.165, 1.54) is 24.3 Å². The molecule has 1 atom stereocenters. The molecular formula is C13H13N3O4S. The Labute approximate surface area is 122 Å². The predicted molar refractivity (Wildman–Crippen MR) is 72.5 cm³/mol. The second-order valence-corrected chi connectivity index (χ2v) is 6.37. The van der Waals surface area contributed by atoms with Gasteiger partial charge in [-0.2, -0.15) is 14.6 Å². The number of sulfonamides is 1. The molecule has 1 aliphatic rings. The molecule has 110 valence electrons. The van der Waals surface area contributed by atoms with Gasteiger partial charge in [0.2, 0.25) is 16.1 Å². The van der Waals surface area contributed by atoms with Gasteiger partial charge in [0.25, 0.3) is 0 Å². The van der Waals surface area contributed by atoms with E-state index < -0.39 is 16.2 Å². The highest BCUT2D eigenvalue weighted by atomic mass is 32.2. The van der Waals surface area contributed by atoms with Crippen molar-refractivity contribution in [1.82, 2.24) is 4.31 Å². The molecule has 0 spiro atoms. The monoisotopic (exact) mass is 307 g/mol. The van der Waals surface area contributed by atoms with Gasteiger partial charge in [-0.05, 0) is 30.7 Å². The van der Waals surface area contributed by atoms with E-state index in [4.69, 9.17) is 10.00 Å². The van der Waals surface area contributed by atoms with E-state index in [1.807, 2.05) is 6.07 Å². The largest absolute Gasteiger partial charge is 0.376 e. The molecule has 1 saturated heterocycles. The zero-order valence-electron chi connectivity index (χ0n) is 11.3. The van der Waals surface area contributed by atoms with Crippen LogP contribution in [-0.2, 0) is 19.6 Å². The first-order valence-electron chi connectivity index (χ1n) is 6.18. The summed E-state index contributed by atoms with van der Waals surface area (Å²) >= 11 is 0. The summed E-state index contributed by atoms with van der Waals surface area (Å²) < 4.78 is 31.5. The molecule has 0 saturated carbocycles. The van der Waals surface area contributed by atoms with Crippen LogP contribution in [0.25, 0.3) is 0 Å². The Bertz CT molecular complexity index is 732. The van der Waals surface area contributed by atoms with Gasteiger partial charge in [-0.25, -0.2) is 13.2 Å². The molecule has 0 aliphatic carbocycles. The van der Waals surface area contributed by atoms with Crippen molar-refractivity contribution in [2.45, 2.75) is 18.0 Å². The molecule has 8 heteroatoms. The first-order chi connectivity index (χ1) is 10.0. The molecule has 21 heavy (non-hydrogen) atoms. The average molecular weight is 307 g/mol. The molecule has 0 N–H and O–H groups in total. The number of hydrogen-bond acceptors (Lipinski definition) is 6. The lowest BCUT2D eigenvalue weighted by molar-refractivity contribution is 0.0359. The van der Waals surface area contributed by atoms with Gasteiger partial charge in [0, 0.05) is 6.54 Å². The number of benzene rings is 1. The molecule has 7 nitrogen and oxygen atoms in total. The molecule has 1 aromatic rings. The fraction of sp³-hybridized carbons (Fsp3) is 0.385. The van der Waals surface area contributed by atoms with E-state index in [0.717, 1.165) is 4.31 Å². The summed E-state index contributed by atoms with van der Waals surface area (Å²) in [4.78, 5) is 14.0. The maximum Gasteiger partial charge on any atom is 0.245 e. The Hall–Kier alpha value is -2.04. The minimum absolute atomic E-state index is 0.0176. The number of nitriles is 1. The van der Waals surface area contributed by atoms with Gasteiger partial charge < -0.3 is 4.74 Å². The third-order valence-electron chi connectivity index (χ3n) is 3.18. The second kappa shape index (κ2) is 6.16. The van der Waals surface area contributed by atoms with Gasteiger partial charge in [-0.3, -0.25) is 0 Å². The molecule has 1 aromatic carbocycles. The SMILES string of the molecule is Cc1cc(S(=O)(=O)N2CCOCC2N=C=O)ccc1C#N. The number of isocyanates is 1. The Morgan fingerprint density at radius 1 is 1.48 bits per heavy atom. The molecule has 1 heterocycles. The summed E-state index contributed by atoms with van der Waals surface area (Å²) in [5.74, 6) is 0. The summed E-state index contributed by atoms with van der Waals surface area (Å²) in [5.41, 5.74) is 0.987. The summed E-state index contributed by atoms with van der Waals surface area (Å²) in [7, 11) is -3.81. The van der Waals surface area contributed by atoms with Crippen LogP contribution >= 0.6 is 0 Å². The van der Waals surface area contributed by atoms with Crippen LogP contribution < -0.4 is 0 Å². The lowest BCUT2D eigenvalue weighted by Gasteiger charge is -2.31. The molecule has 1 unspecified atom stereocenters. The third kappa shape index (κ3) is 3.01. The highest BCUT2D eigenvalue weighted by Gasteiger charge is 2.34. The number of carbonyl (C=O) groups excluding carboxylic acids is 1. The smallest absolute Gasteiger partial charge is 0.245 e. The van der Waals surface area contributed by atoms with Crippen LogP contribution in [0.2, 0.25) is 0 Å². The van der Waals surface area contributed by atoms with Gasteiger partial charge in [0.05, 0.1) is 29.7 Å². The van der Waals surface area contributed by atoms with Gasteiger partial charge in [0.15, 0.2) is 6.17 Å². The first kappa shape index (κ1) is 15.4. The minimum Gasteiger partial charge on any atom is -0.376 e. The van der Waals surface area contributed by atoms with Crippen LogP contribution in [0.15, 0.2) is 28.1 Å². The number of morpholine rings is 1. The highest BCUT2D eigenvalue weighted by Crippen LogP contribution is 2.23. The summed E-state index contributed by atoms with van der Waals surface area (Å²) in [6.45, 7) is 2.03. The lowest BCUT2D eigenvalue weighted by Crippen LogP contribution is -2.47. The molecule has 0 aromatic heterocycles. The van der Waals surface area contributed by atoms with E-state index in [0.29, 0.717) is 11.1 Å². The van der Waals surface area contributed by atoms with Crippen molar-refractivity contribution in [1.29, 1.82) is 5.26 Å². The number of hydrogen-bond donors (Lipinski definition) is 0. The molecular weight excluding hydrogens is 294 g/mol. The quantitative estimate of drug-likeness (QED) is 0.599. The fourth-order valence-corrected chi connectivity index (χ4v) is 3.66. The zero-order chi connectivity index (χ0) is 15.5. The Morgan fingerprint density at radius 2 is 2.24 bits per heavy atom. The number of nitrogens with zero attached hydrogens (tertiary/aromatic N) is 3. The van der Waals surface area contributed by atoms with E-state index >= 15 is 0 Å². The summed E-state index contributed by atoms with van der Waals surface area (Å²) in [6.07, 6.45) is 0.461. The molecule has 0 bridgehead atoms. The standard InChI is InChI=1S/C13H13N3O4S/c1-10-6-12(3-2-11(10)7-14)21(18,19)16-4-5-20-8-13(16)15-9-17/h2-3,6,13H,4-5,8H2,1H3. The Morgan fingerprint density at radius 3 is 2.86 bits per heavy atom. The fourth-order valence-electron chi connectivity index (χ4n) is 2.08. The number of rotatable bonds is 3. The number of ether oxygens (including phenoxy) is 1. The topological polar surface area (TPSA) is 99.8 Å². The van der Waals surface area contributed by atoms with E-state index in [-0.39, 0.29) is 24.7 Å². The lowest BCUT2D eigenvalue weighted by atomic mass is 10.1. The minimum atomic E-state index is -3.81. The molecule has 0 radical (unpaired) electrons. The summed E-state index contributed by atoms with van der Waals surface area (Å²) in [5, 5.41) is 8.89. The molecule has 2 rings (SSSR count). The normalized spacial score (nSPS) is 19.5. The Kier molecular flexibility index (Phi) is 4.50. The predicted octanol–water partition coefficient (Wildman–Crippen LogP) is 0.549. The highest BCUT2D eigenvalue weighted by molar-refractivity contribution is 7.89. The number of aliphatic imine (C=N–C) groups is 1. The van der Waals surface area contributed by atoms with Crippen molar-refractivity contribution in [3.63, 3.8) is 0 Å². The van der Waals surface area contributed by atoms with E-state index in [9.17, 15) is 13.2 Å². The van der Waals surface area contributed by atoms with Crippen molar-refractivity contribution in [3.8, 4) is 6.07 Å². The molecule has 1 fully saturated rings. The van der Waals surface area contributed by atoms with E-state index in [1.54, 1.807) is 6.92 Å². The van der Waals surface area contributed by atoms with Crippen molar-refractivity contribution >= 4 is 16.1 Å². The van der Waals surface area contributed by atoms with Crippen molar-refractivity contribution < 1.29 is 17.9 Å². The van der Waals surface area contributed by atoms with Crippen LogP contribution in [0.4, 0.5) is 0 Å². The van der Waals surface area contributed by atoms with Gasteiger partial charge in [0.1, 0.15) is 0 Å². The van der Waals surface area contributed by atoms with Gasteiger partial charge >= 0.3 is 0 Å². The summed E-state index contributed by atoms with van der Waals surface area (Å²) in [6, 6.07) is 6.25. The van der Waals surface area contributed by atoms with Crippen LogP contribution in [0, 0.1) is 18.3 Å². The second-order valence-electron chi connectivity index (χ2n) is 4.48. The van der Waals surface area contributed by atoms with Crippen LogP contribution in [0.1, 0.15) is 11.1 Å². The average Bonchev–Trinajstić information content (AvgIpc) is 2.48. The third-order valence-corrected chi connectivity index (χ3v) is 5.08. The van der Waals surface area contributed by atoms with Crippen LogP contribution in [-0.4, -0.2) is 44.7 Å². The number of aryl methyl sites for hydroxylation is 1. The first-order valence-corrected chi connectivity index (χ1v) is 7.62. The van der Waals surface area contributed by atoms with Crippen molar-refractivity contribution in [2.24, 2.45) is 4.99 Å². The van der Waals surface area contributed by atoms with Gasteiger partial charge in [-0.15, -0.1) is 0 Å². The molecule has 1 aliphatic heterocycles. The molecule has 0 amide bonds.